The molecule has 0 unspecified atom stereocenters. The number of fused-ring (bicyclic) bond motifs is 1. The van der Waals surface area contributed by atoms with Gasteiger partial charge < -0.3 is 10.1 Å². The summed E-state index contributed by atoms with van der Waals surface area (Å²) in [5.41, 5.74) is 2.93. The lowest BCUT2D eigenvalue weighted by atomic mass is 10.1. The number of carbonyl (C=O) groups is 1. The predicted octanol–water partition coefficient (Wildman–Crippen LogP) is 5.25. The topological polar surface area (TPSA) is 64.1 Å². The summed E-state index contributed by atoms with van der Waals surface area (Å²) in [5, 5.41) is 3.47. The summed E-state index contributed by atoms with van der Waals surface area (Å²) in [6, 6.07) is 14.1. The van der Waals surface area contributed by atoms with E-state index in [4.69, 9.17) is 4.74 Å². The van der Waals surface area contributed by atoms with E-state index in [1.807, 2.05) is 25.1 Å². The van der Waals surface area contributed by atoms with Gasteiger partial charge in [-0.05, 0) is 55.8 Å². The molecule has 0 aliphatic rings. The van der Waals surface area contributed by atoms with E-state index in [9.17, 15) is 13.6 Å². The van der Waals surface area contributed by atoms with Crippen molar-refractivity contribution in [2.24, 2.45) is 0 Å². The predicted molar refractivity (Wildman–Crippen MR) is 113 cm³/mol. The highest BCUT2D eigenvalue weighted by atomic mass is 19.2. The van der Waals surface area contributed by atoms with E-state index < -0.39 is 17.7 Å². The molecule has 0 fully saturated rings. The van der Waals surface area contributed by atoms with Crippen molar-refractivity contribution in [3.8, 4) is 11.5 Å². The number of carbonyl (C=O) groups excluding carboxylic acids is 1. The molecule has 0 aliphatic carbocycles. The van der Waals surface area contributed by atoms with Gasteiger partial charge in [-0.15, -0.1) is 0 Å². The van der Waals surface area contributed by atoms with Gasteiger partial charge in [0.25, 0.3) is 5.91 Å². The first-order chi connectivity index (χ1) is 14.9. The third kappa shape index (κ3) is 4.21. The summed E-state index contributed by atoms with van der Waals surface area (Å²) in [7, 11) is 0. The van der Waals surface area contributed by atoms with Crippen molar-refractivity contribution >= 4 is 16.8 Å². The average Bonchev–Trinajstić information content (AvgIpc) is 2.76. The second-order valence-electron chi connectivity index (χ2n) is 7.12. The zero-order chi connectivity index (χ0) is 22.0. The van der Waals surface area contributed by atoms with E-state index in [0.717, 1.165) is 22.7 Å². The summed E-state index contributed by atoms with van der Waals surface area (Å²) >= 11 is 0. The van der Waals surface area contributed by atoms with Crippen molar-refractivity contribution < 1.29 is 18.3 Å². The summed E-state index contributed by atoms with van der Waals surface area (Å²) in [4.78, 5) is 20.3. The smallest absolute Gasteiger partial charge is 0.251 e. The minimum absolute atomic E-state index is 0.0180. The van der Waals surface area contributed by atoms with Crippen LogP contribution in [0.1, 0.15) is 27.0 Å². The molecule has 4 rings (SSSR count). The molecule has 31 heavy (non-hydrogen) atoms. The largest absolute Gasteiger partial charge is 0.456 e. The first-order valence-electron chi connectivity index (χ1n) is 9.64. The first-order valence-corrected chi connectivity index (χ1v) is 9.64. The van der Waals surface area contributed by atoms with Crippen LogP contribution >= 0.6 is 0 Å². The molecule has 0 saturated heterocycles. The van der Waals surface area contributed by atoms with Crippen molar-refractivity contribution in [2.45, 2.75) is 20.4 Å². The quantitative estimate of drug-likeness (QED) is 0.449. The molecule has 2 aromatic heterocycles. The number of nitrogens with one attached hydrogen (secondary N) is 1. The molecule has 0 aliphatic heterocycles. The maximum absolute atomic E-state index is 13.8. The van der Waals surface area contributed by atoms with Crippen LogP contribution in [0.25, 0.3) is 10.9 Å². The lowest BCUT2D eigenvalue weighted by molar-refractivity contribution is 0.0949. The van der Waals surface area contributed by atoms with Crippen molar-refractivity contribution in [1.82, 2.24) is 15.3 Å². The van der Waals surface area contributed by atoms with Crippen LogP contribution in [0.5, 0.6) is 11.5 Å². The molecule has 0 spiro atoms. The number of pyridine rings is 2. The SMILES string of the molecule is Cc1ccc2c(Oc3cccc(C(=O)NCc4ccnc(F)c4F)c3C)ccnc2c1. The van der Waals surface area contributed by atoms with Crippen LogP contribution in [0.3, 0.4) is 0 Å². The molecule has 0 atom stereocenters. The number of amides is 1. The minimum Gasteiger partial charge on any atom is -0.456 e. The normalized spacial score (nSPS) is 10.8. The van der Waals surface area contributed by atoms with E-state index in [1.54, 1.807) is 37.4 Å². The van der Waals surface area contributed by atoms with Gasteiger partial charge in [-0.1, -0.05) is 12.1 Å². The highest BCUT2D eigenvalue weighted by Gasteiger charge is 2.15. The highest BCUT2D eigenvalue weighted by Crippen LogP contribution is 2.32. The Morgan fingerprint density at radius 2 is 1.81 bits per heavy atom. The summed E-state index contributed by atoms with van der Waals surface area (Å²) < 4.78 is 33.2. The van der Waals surface area contributed by atoms with E-state index in [0.29, 0.717) is 22.6 Å². The number of hydrogen-bond acceptors (Lipinski definition) is 4. The van der Waals surface area contributed by atoms with Gasteiger partial charge in [-0.25, -0.2) is 9.37 Å². The summed E-state index contributed by atoms with van der Waals surface area (Å²) in [5.74, 6) is -1.55. The Kier molecular flexibility index (Phi) is 5.58. The molecule has 0 radical (unpaired) electrons. The molecule has 0 saturated carbocycles. The van der Waals surface area contributed by atoms with E-state index in [-0.39, 0.29) is 12.1 Å². The van der Waals surface area contributed by atoms with Gasteiger partial charge in [-0.2, -0.15) is 4.39 Å². The first kappa shape index (κ1) is 20.4. The fourth-order valence-corrected chi connectivity index (χ4v) is 3.27. The van der Waals surface area contributed by atoms with Crippen LogP contribution < -0.4 is 10.1 Å². The van der Waals surface area contributed by atoms with Crippen LogP contribution in [0, 0.1) is 25.6 Å². The Balaban J connectivity index is 1.57. The fraction of sp³-hybridized carbons (Fsp3) is 0.125. The lowest BCUT2D eigenvalue weighted by Crippen LogP contribution is -2.24. The number of nitrogens with zero attached hydrogens (tertiary/aromatic N) is 2. The molecule has 5 nitrogen and oxygen atoms in total. The number of aromatic nitrogens is 2. The zero-order valence-electron chi connectivity index (χ0n) is 16.9. The Morgan fingerprint density at radius 3 is 2.65 bits per heavy atom. The van der Waals surface area contributed by atoms with E-state index >= 15 is 0 Å². The lowest BCUT2D eigenvalue weighted by Gasteiger charge is -2.14. The second-order valence-corrected chi connectivity index (χ2v) is 7.12. The zero-order valence-corrected chi connectivity index (χ0v) is 16.9. The third-order valence-corrected chi connectivity index (χ3v) is 4.97. The van der Waals surface area contributed by atoms with Gasteiger partial charge in [0.1, 0.15) is 11.5 Å². The molecule has 1 N–H and O–H groups in total. The Morgan fingerprint density at radius 1 is 1.00 bits per heavy atom. The Bertz CT molecular complexity index is 1290. The Hall–Kier alpha value is -3.87. The van der Waals surface area contributed by atoms with Crippen LogP contribution in [-0.2, 0) is 6.54 Å². The van der Waals surface area contributed by atoms with Crippen molar-refractivity contribution in [3.05, 3.63) is 94.9 Å². The van der Waals surface area contributed by atoms with Gasteiger partial charge in [0, 0.05) is 41.0 Å². The molecular weight excluding hydrogens is 400 g/mol. The number of benzene rings is 2. The molecule has 0 bridgehead atoms. The summed E-state index contributed by atoms with van der Waals surface area (Å²) in [6.45, 7) is 3.60. The maximum atomic E-state index is 13.8. The highest BCUT2D eigenvalue weighted by molar-refractivity contribution is 5.96. The van der Waals surface area contributed by atoms with Crippen LogP contribution in [-0.4, -0.2) is 15.9 Å². The van der Waals surface area contributed by atoms with Crippen LogP contribution in [0.4, 0.5) is 8.78 Å². The Labute approximate surface area is 177 Å². The van der Waals surface area contributed by atoms with Crippen LogP contribution in [0.15, 0.2) is 60.9 Å². The van der Waals surface area contributed by atoms with E-state index in [2.05, 4.69) is 15.3 Å². The molecule has 7 heteroatoms. The third-order valence-electron chi connectivity index (χ3n) is 4.97. The average molecular weight is 419 g/mol. The molecular formula is C24H19F2N3O2. The molecule has 156 valence electrons. The number of rotatable bonds is 5. The fourth-order valence-electron chi connectivity index (χ4n) is 3.27. The molecule has 1 amide bonds. The van der Waals surface area contributed by atoms with Gasteiger partial charge >= 0.3 is 0 Å². The van der Waals surface area contributed by atoms with Gasteiger partial charge in [0.2, 0.25) is 5.95 Å². The van der Waals surface area contributed by atoms with Gasteiger partial charge in [-0.3, -0.25) is 9.78 Å². The number of halogens is 2. The second kappa shape index (κ2) is 8.47. The van der Waals surface area contributed by atoms with E-state index in [1.165, 1.54) is 6.07 Å². The monoisotopic (exact) mass is 419 g/mol. The summed E-state index contributed by atoms with van der Waals surface area (Å²) in [6.07, 6.45) is 2.82. The minimum atomic E-state index is -1.20. The maximum Gasteiger partial charge on any atom is 0.251 e. The standard InChI is InChI=1S/C24H19F2N3O2/c1-14-6-7-18-19(12-14)27-11-9-21(18)31-20-5-3-4-17(15(20)2)24(30)29-13-16-8-10-28-23(26)22(16)25/h3-12H,13H2,1-2H3,(H,29,30). The molecule has 2 aromatic carbocycles. The molecule has 2 heterocycles. The van der Waals surface area contributed by atoms with Gasteiger partial charge in [0.05, 0.1) is 5.52 Å². The van der Waals surface area contributed by atoms with Crippen molar-refractivity contribution in [2.75, 3.05) is 0 Å². The number of ether oxygens (including phenoxy) is 1. The van der Waals surface area contributed by atoms with Crippen LogP contribution in [0.2, 0.25) is 0 Å². The number of aryl methyl sites for hydroxylation is 1. The molecule has 4 aromatic rings. The van der Waals surface area contributed by atoms with Gasteiger partial charge in [0.15, 0.2) is 5.82 Å². The number of hydrogen-bond donors (Lipinski definition) is 1. The van der Waals surface area contributed by atoms with Crippen molar-refractivity contribution in [1.29, 1.82) is 0 Å². The van der Waals surface area contributed by atoms with Crippen molar-refractivity contribution in [3.63, 3.8) is 0 Å².